The molecule has 0 aromatic rings. The molecule has 0 saturated heterocycles. The fourth-order valence-electron chi connectivity index (χ4n) is 1.10. The van der Waals surface area contributed by atoms with E-state index in [2.05, 4.69) is 13.8 Å². The van der Waals surface area contributed by atoms with Crippen molar-refractivity contribution in [2.75, 3.05) is 23.0 Å². The van der Waals surface area contributed by atoms with Crippen molar-refractivity contribution in [3.63, 3.8) is 0 Å². The van der Waals surface area contributed by atoms with Crippen LogP contribution in [0.1, 0.15) is 27.7 Å². The van der Waals surface area contributed by atoms with E-state index < -0.39 is 9.84 Å². The Kier molecular flexibility index (Phi) is 6.87. The Morgan fingerprint density at radius 1 is 1.07 bits per heavy atom. The van der Waals surface area contributed by atoms with Crippen molar-refractivity contribution in [3.8, 4) is 0 Å². The standard InChI is InChI=1S/C10H22O2S2/c1-9(2)7-13-5-6-14(11,12)8-10(3)4/h9-10H,5-8H2,1-4H3. The monoisotopic (exact) mass is 238 g/mol. The van der Waals surface area contributed by atoms with Crippen LogP contribution in [0, 0.1) is 11.8 Å². The molecule has 0 rings (SSSR count). The summed E-state index contributed by atoms with van der Waals surface area (Å²) in [5.74, 6) is 3.35. The van der Waals surface area contributed by atoms with Crippen LogP contribution in [-0.2, 0) is 9.84 Å². The molecule has 0 aromatic carbocycles. The summed E-state index contributed by atoms with van der Waals surface area (Å²) in [6.07, 6.45) is 0. The van der Waals surface area contributed by atoms with Gasteiger partial charge in [-0.05, 0) is 17.6 Å². The van der Waals surface area contributed by atoms with Gasteiger partial charge in [-0.25, -0.2) is 8.42 Å². The van der Waals surface area contributed by atoms with Gasteiger partial charge in [-0.15, -0.1) is 0 Å². The Morgan fingerprint density at radius 3 is 2.07 bits per heavy atom. The summed E-state index contributed by atoms with van der Waals surface area (Å²) in [7, 11) is -2.80. The van der Waals surface area contributed by atoms with Crippen LogP contribution in [0.2, 0.25) is 0 Å². The third-order valence-electron chi connectivity index (χ3n) is 1.58. The van der Waals surface area contributed by atoms with Crippen molar-refractivity contribution in [1.29, 1.82) is 0 Å². The Labute approximate surface area is 92.8 Å². The second-order valence-electron chi connectivity index (χ2n) is 4.48. The van der Waals surface area contributed by atoms with Gasteiger partial charge in [-0.1, -0.05) is 27.7 Å². The number of sulfone groups is 1. The van der Waals surface area contributed by atoms with Crippen molar-refractivity contribution in [2.45, 2.75) is 27.7 Å². The smallest absolute Gasteiger partial charge is 0.151 e. The molecule has 0 N–H and O–H groups in total. The fourth-order valence-corrected chi connectivity index (χ4v) is 4.40. The van der Waals surface area contributed by atoms with Crippen molar-refractivity contribution in [1.82, 2.24) is 0 Å². The second-order valence-corrected chi connectivity index (χ2v) is 7.86. The van der Waals surface area contributed by atoms with Crippen molar-refractivity contribution >= 4 is 21.6 Å². The number of hydrogen-bond donors (Lipinski definition) is 0. The highest BCUT2D eigenvalue weighted by atomic mass is 32.2. The summed E-state index contributed by atoms with van der Waals surface area (Å²) in [4.78, 5) is 0. The minimum Gasteiger partial charge on any atom is -0.229 e. The van der Waals surface area contributed by atoms with Crippen LogP contribution in [-0.4, -0.2) is 31.4 Å². The third-order valence-corrected chi connectivity index (χ3v) is 5.23. The quantitative estimate of drug-likeness (QED) is 0.639. The van der Waals surface area contributed by atoms with Gasteiger partial charge in [0.25, 0.3) is 0 Å². The topological polar surface area (TPSA) is 34.1 Å². The molecule has 0 radical (unpaired) electrons. The largest absolute Gasteiger partial charge is 0.229 e. The van der Waals surface area contributed by atoms with E-state index in [1.807, 2.05) is 13.8 Å². The molecule has 0 aromatic heterocycles. The molecule has 0 fully saturated rings. The zero-order chi connectivity index (χ0) is 11.2. The number of hydrogen-bond acceptors (Lipinski definition) is 3. The Balaban J connectivity index is 3.67. The summed E-state index contributed by atoms with van der Waals surface area (Å²) in [5.41, 5.74) is 0. The van der Waals surface area contributed by atoms with E-state index in [9.17, 15) is 8.42 Å². The zero-order valence-corrected chi connectivity index (χ0v) is 11.2. The van der Waals surface area contributed by atoms with E-state index in [0.717, 1.165) is 11.5 Å². The molecule has 0 saturated carbocycles. The van der Waals surface area contributed by atoms with Gasteiger partial charge in [0.15, 0.2) is 9.84 Å². The van der Waals surface area contributed by atoms with E-state index in [-0.39, 0.29) is 5.92 Å². The molecule has 2 nitrogen and oxygen atoms in total. The third kappa shape index (κ3) is 8.88. The van der Waals surface area contributed by atoms with Crippen LogP contribution in [0.25, 0.3) is 0 Å². The van der Waals surface area contributed by atoms with E-state index in [4.69, 9.17) is 0 Å². The Bertz CT molecular complexity index is 231. The van der Waals surface area contributed by atoms with Crippen LogP contribution in [0.3, 0.4) is 0 Å². The molecular formula is C10H22O2S2. The Hall–Kier alpha value is 0.300. The molecular weight excluding hydrogens is 216 g/mol. The number of thioether (sulfide) groups is 1. The first kappa shape index (κ1) is 14.3. The molecule has 4 heteroatoms. The van der Waals surface area contributed by atoms with E-state index >= 15 is 0 Å². The lowest BCUT2D eigenvalue weighted by atomic mass is 10.3. The molecule has 0 heterocycles. The summed E-state index contributed by atoms with van der Waals surface area (Å²) in [6, 6.07) is 0. The SMILES string of the molecule is CC(C)CSCCS(=O)(=O)CC(C)C. The highest BCUT2D eigenvalue weighted by Gasteiger charge is 2.12. The van der Waals surface area contributed by atoms with Crippen LogP contribution < -0.4 is 0 Å². The predicted octanol–water partition coefficient (Wildman–Crippen LogP) is 2.45. The maximum atomic E-state index is 11.5. The summed E-state index contributed by atoms with van der Waals surface area (Å²) in [5, 5.41) is 0. The molecule has 0 amide bonds. The minimum absolute atomic E-state index is 0.245. The Morgan fingerprint density at radius 2 is 1.64 bits per heavy atom. The van der Waals surface area contributed by atoms with Gasteiger partial charge < -0.3 is 0 Å². The normalized spacial score (nSPS) is 12.7. The van der Waals surface area contributed by atoms with Crippen molar-refractivity contribution in [2.24, 2.45) is 11.8 Å². The summed E-state index contributed by atoms with van der Waals surface area (Å²) >= 11 is 1.74. The maximum Gasteiger partial charge on any atom is 0.151 e. The molecule has 0 aliphatic heterocycles. The van der Waals surface area contributed by atoms with Gasteiger partial charge in [0.2, 0.25) is 0 Å². The van der Waals surface area contributed by atoms with Gasteiger partial charge in [0.05, 0.1) is 11.5 Å². The average molecular weight is 238 g/mol. The highest BCUT2D eigenvalue weighted by molar-refractivity contribution is 8.00. The molecule has 14 heavy (non-hydrogen) atoms. The maximum absolute atomic E-state index is 11.5. The van der Waals surface area contributed by atoms with Crippen LogP contribution >= 0.6 is 11.8 Å². The molecule has 0 aliphatic rings. The molecule has 0 spiro atoms. The molecule has 0 bridgehead atoms. The highest BCUT2D eigenvalue weighted by Crippen LogP contribution is 2.09. The van der Waals surface area contributed by atoms with Gasteiger partial charge in [-0.3, -0.25) is 0 Å². The van der Waals surface area contributed by atoms with E-state index in [1.165, 1.54) is 0 Å². The summed E-state index contributed by atoms with van der Waals surface area (Å²) in [6.45, 7) is 8.18. The molecule has 0 unspecified atom stereocenters. The van der Waals surface area contributed by atoms with Crippen LogP contribution in [0.4, 0.5) is 0 Å². The average Bonchev–Trinajstić information content (AvgIpc) is 1.95. The first-order chi connectivity index (χ1) is 6.33. The lowest BCUT2D eigenvalue weighted by Gasteiger charge is -2.07. The lowest BCUT2D eigenvalue weighted by Crippen LogP contribution is -2.17. The van der Waals surface area contributed by atoms with Gasteiger partial charge in [0, 0.05) is 5.75 Å². The molecule has 86 valence electrons. The van der Waals surface area contributed by atoms with Gasteiger partial charge in [-0.2, -0.15) is 11.8 Å². The second kappa shape index (κ2) is 6.72. The van der Waals surface area contributed by atoms with Crippen molar-refractivity contribution in [3.05, 3.63) is 0 Å². The molecule has 0 atom stereocenters. The molecule has 0 aliphatic carbocycles. The van der Waals surface area contributed by atoms with Crippen LogP contribution in [0.5, 0.6) is 0 Å². The number of rotatable bonds is 7. The van der Waals surface area contributed by atoms with Crippen LogP contribution in [0.15, 0.2) is 0 Å². The van der Waals surface area contributed by atoms with Gasteiger partial charge in [0.1, 0.15) is 0 Å². The van der Waals surface area contributed by atoms with E-state index in [0.29, 0.717) is 17.4 Å². The fraction of sp³-hybridized carbons (Fsp3) is 1.00. The van der Waals surface area contributed by atoms with Gasteiger partial charge >= 0.3 is 0 Å². The summed E-state index contributed by atoms with van der Waals surface area (Å²) < 4.78 is 22.9. The first-order valence-electron chi connectivity index (χ1n) is 5.11. The predicted molar refractivity (Wildman–Crippen MR) is 65.7 cm³/mol. The van der Waals surface area contributed by atoms with E-state index in [1.54, 1.807) is 11.8 Å². The lowest BCUT2D eigenvalue weighted by molar-refractivity contribution is 0.584. The van der Waals surface area contributed by atoms with Crippen molar-refractivity contribution < 1.29 is 8.42 Å². The minimum atomic E-state index is -2.80. The first-order valence-corrected chi connectivity index (χ1v) is 8.09. The zero-order valence-electron chi connectivity index (χ0n) is 9.62.